The van der Waals surface area contributed by atoms with Gasteiger partial charge >= 0.3 is 0 Å². The molecule has 5 nitrogen and oxygen atoms in total. The number of benzene rings is 1. The van der Waals surface area contributed by atoms with Crippen LogP contribution in [0.4, 0.5) is 0 Å². The average Bonchev–Trinajstić information content (AvgIpc) is 3.12. The summed E-state index contributed by atoms with van der Waals surface area (Å²) >= 11 is 0. The van der Waals surface area contributed by atoms with Crippen LogP contribution in [-0.2, 0) is 17.6 Å². The number of guanidine groups is 1. The number of aliphatic imine (C=N–C) groups is 1. The maximum Gasteiger partial charge on any atom is 0.191 e. The first-order chi connectivity index (χ1) is 11.9. The van der Waals surface area contributed by atoms with E-state index >= 15 is 0 Å². The van der Waals surface area contributed by atoms with E-state index in [9.17, 15) is 0 Å². The SMILES string of the molecule is COCCCN=C(NCCc1ccccc1)NCCc1ccco1.I. The van der Waals surface area contributed by atoms with E-state index in [0.29, 0.717) is 0 Å². The standard InChI is InChI=1S/C19H27N3O2.HI/c1-23-15-6-12-20-19(22-14-11-18-9-5-16-24-18)21-13-10-17-7-3-2-4-8-17;/h2-5,7-9,16H,6,10-15H2,1H3,(H2,20,21,22);1H. The Balaban J connectivity index is 0.00000312. The Morgan fingerprint density at radius 2 is 1.80 bits per heavy atom. The van der Waals surface area contributed by atoms with Crippen molar-refractivity contribution in [3.05, 3.63) is 60.1 Å². The van der Waals surface area contributed by atoms with Gasteiger partial charge < -0.3 is 19.8 Å². The van der Waals surface area contributed by atoms with Gasteiger partial charge in [-0.05, 0) is 30.5 Å². The number of furan rings is 1. The fourth-order valence-electron chi connectivity index (χ4n) is 2.30. The van der Waals surface area contributed by atoms with E-state index in [4.69, 9.17) is 9.15 Å². The predicted octanol–water partition coefficient (Wildman–Crippen LogP) is 3.25. The van der Waals surface area contributed by atoms with Crippen molar-refractivity contribution in [1.82, 2.24) is 10.6 Å². The van der Waals surface area contributed by atoms with Crippen LogP contribution in [0.3, 0.4) is 0 Å². The van der Waals surface area contributed by atoms with Crippen molar-refractivity contribution in [3.8, 4) is 0 Å². The third kappa shape index (κ3) is 9.50. The fraction of sp³-hybridized carbons (Fsp3) is 0.421. The van der Waals surface area contributed by atoms with E-state index in [1.165, 1.54) is 5.56 Å². The summed E-state index contributed by atoms with van der Waals surface area (Å²) < 4.78 is 10.4. The van der Waals surface area contributed by atoms with E-state index in [2.05, 4.69) is 39.9 Å². The minimum atomic E-state index is 0. The smallest absolute Gasteiger partial charge is 0.191 e. The maximum absolute atomic E-state index is 5.35. The number of nitrogens with one attached hydrogen (secondary N) is 2. The molecule has 0 radical (unpaired) electrons. The van der Waals surface area contributed by atoms with Crippen molar-refractivity contribution in [2.24, 2.45) is 4.99 Å². The number of hydrogen-bond donors (Lipinski definition) is 2. The molecule has 0 aliphatic heterocycles. The van der Waals surface area contributed by atoms with Gasteiger partial charge in [0.25, 0.3) is 0 Å². The lowest BCUT2D eigenvalue weighted by atomic mass is 10.1. The number of hydrogen-bond acceptors (Lipinski definition) is 3. The molecule has 0 saturated heterocycles. The lowest BCUT2D eigenvalue weighted by molar-refractivity contribution is 0.197. The molecule has 138 valence electrons. The highest BCUT2D eigenvalue weighted by Gasteiger charge is 2.00. The number of rotatable bonds is 10. The molecule has 0 aliphatic carbocycles. The third-order valence-electron chi connectivity index (χ3n) is 3.57. The topological polar surface area (TPSA) is 58.8 Å². The molecule has 25 heavy (non-hydrogen) atoms. The van der Waals surface area contributed by atoms with E-state index in [1.807, 2.05) is 18.2 Å². The second-order valence-electron chi connectivity index (χ2n) is 5.50. The predicted molar refractivity (Wildman–Crippen MR) is 113 cm³/mol. The zero-order valence-electron chi connectivity index (χ0n) is 14.7. The molecular weight excluding hydrogens is 429 g/mol. The van der Waals surface area contributed by atoms with Crippen LogP contribution in [0.5, 0.6) is 0 Å². The molecule has 0 fully saturated rings. The molecule has 0 unspecified atom stereocenters. The van der Waals surface area contributed by atoms with Gasteiger partial charge in [0.2, 0.25) is 0 Å². The molecule has 1 aromatic carbocycles. The molecule has 1 aromatic heterocycles. The highest BCUT2D eigenvalue weighted by Crippen LogP contribution is 2.00. The Labute approximate surface area is 167 Å². The first-order valence-corrected chi connectivity index (χ1v) is 8.46. The van der Waals surface area contributed by atoms with Gasteiger partial charge in [-0.15, -0.1) is 24.0 Å². The summed E-state index contributed by atoms with van der Waals surface area (Å²) in [4.78, 5) is 4.60. The molecule has 1 heterocycles. The summed E-state index contributed by atoms with van der Waals surface area (Å²) in [5.74, 6) is 1.82. The third-order valence-corrected chi connectivity index (χ3v) is 3.57. The Hall–Kier alpha value is -1.54. The molecular formula is C19H28IN3O2. The molecule has 6 heteroatoms. The van der Waals surface area contributed by atoms with Gasteiger partial charge in [0.1, 0.15) is 5.76 Å². The van der Waals surface area contributed by atoms with Gasteiger partial charge in [0.05, 0.1) is 6.26 Å². The zero-order chi connectivity index (χ0) is 16.9. The first kappa shape index (κ1) is 21.5. The van der Waals surface area contributed by atoms with Crippen LogP contribution < -0.4 is 10.6 Å². The Bertz CT molecular complexity index is 574. The monoisotopic (exact) mass is 457 g/mol. The molecule has 0 spiro atoms. The highest BCUT2D eigenvalue weighted by atomic mass is 127. The molecule has 2 N–H and O–H groups in total. The average molecular weight is 457 g/mol. The summed E-state index contributed by atoms with van der Waals surface area (Å²) in [5.41, 5.74) is 1.32. The Morgan fingerprint density at radius 3 is 2.48 bits per heavy atom. The minimum Gasteiger partial charge on any atom is -0.469 e. The molecule has 0 saturated carbocycles. The fourth-order valence-corrected chi connectivity index (χ4v) is 2.30. The summed E-state index contributed by atoms with van der Waals surface area (Å²) in [5, 5.41) is 6.75. The van der Waals surface area contributed by atoms with Crippen molar-refractivity contribution in [3.63, 3.8) is 0 Å². The van der Waals surface area contributed by atoms with Crippen LogP contribution in [0.25, 0.3) is 0 Å². The van der Waals surface area contributed by atoms with Crippen molar-refractivity contribution < 1.29 is 9.15 Å². The van der Waals surface area contributed by atoms with Crippen molar-refractivity contribution >= 4 is 29.9 Å². The van der Waals surface area contributed by atoms with Gasteiger partial charge in [-0.1, -0.05) is 30.3 Å². The van der Waals surface area contributed by atoms with Crippen molar-refractivity contribution in [2.45, 2.75) is 19.3 Å². The molecule has 0 bridgehead atoms. The van der Waals surface area contributed by atoms with Gasteiger partial charge in [-0.25, -0.2) is 0 Å². The van der Waals surface area contributed by atoms with Crippen LogP contribution in [0.1, 0.15) is 17.7 Å². The van der Waals surface area contributed by atoms with Gasteiger partial charge in [0.15, 0.2) is 5.96 Å². The van der Waals surface area contributed by atoms with Gasteiger partial charge in [0, 0.05) is 39.8 Å². The maximum atomic E-state index is 5.35. The first-order valence-electron chi connectivity index (χ1n) is 8.46. The van der Waals surface area contributed by atoms with Crippen molar-refractivity contribution in [2.75, 3.05) is 33.4 Å². The van der Waals surface area contributed by atoms with E-state index in [0.717, 1.165) is 57.2 Å². The summed E-state index contributed by atoms with van der Waals surface area (Å²) in [7, 11) is 1.71. The van der Waals surface area contributed by atoms with E-state index in [-0.39, 0.29) is 24.0 Å². The van der Waals surface area contributed by atoms with Crippen molar-refractivity contribution in [1.29, 1.82) is 0 Å². The highest BCUT2D eigenvalue weighted by molar-refractivity contribution is 14.0. The van der Waals surface area contributed by atoms with Crippen LogP contribution >= 0.6 is 24.0 Å². The Morgan fingerprint density at radius 1 is 1.04 bits per heavy atom. The number of halogens is 1. The lowest BCUT2D eigenvalue weighted by Gasteiger charge is -2.12. The summed E-state index contributed by atoms with van der Waals surface area (Å²) in [6.45, 7) is 3.11. The minimum absolute atomic E-state index is 0. The second kappa shape index (κ2) is 13.7. The zero-order valence-corrected chi connectivity index (χ0v) is 17.1. The van der Waals surface area contributed by atoms with Crippen LogP contribution in [0.2, 0.25) is 0 Å². The molecule has 0 aliphatic rings. The van der Waals surface area contributed by atoms with Crippen LogP contribution in [0, 0.1) is 0 Å². The molecule has 0 atom stereocenters. The number of nitrogens with zero attached hydrogens (tertiary/aromatic N) is 1. The summed E-state index contributed by atoms with van der Waals surface area (Å²) in [6, 6.07) is 14.3. The second-order valence-corrected chi connectivity index (χ2v) is 5.50. The molecule has 2 aromatic rings. The Kier molecular flexibility index (Phi) is 11.8. The lowest BCUT2D eigenvalue weighted by Crippen LogP contribution is -2.39. The number of ether oxygens (including phenoxy) is 1. The van der Waals surface area contributed by atoms with Gasteiger partial charge in [-0.3, -0.25) is 4.99 Å². The quantitative estimate of drug-likeness (QED) is 0.249. The molecule has 0 amide bonds. The van der Waals surface area contributed by atoms with E-state index in [1.54, 1.807) is 13.4 Å². The van der Waals surface area contributed by atoms with Crippen LogP contribution in [0.15, 0.2) is 58.1 Å². The molecule has 2 rings (SSSR count). The number of methoxy groups -OCH3 is 1. The van der Waals surface area contributed by atoms with E-state index < -0.39 is 0 Å². The van der Waals surface area contributed by atoms with Crippen LogP contribution in [-0.4, -0.2) is 39.3 Å². The largest absolute Gasteiger partial charge is 0.469 e. The summed E-state index contributed by atoms with van der Waals surface area (Å²) in [6.07, 6.45) is 4.43. The normalized spacial score (nSPS) is 11.0. The van der Waals surface area contributed by atoms with Gasteiger partial charge in [-0.2, -0.15) is 0 Å².